The van der Waals surface area contributed by atoms with Crippen molar-refractivity contribution in [2.24, 2.45) is 0 Å². The normalized spacial score (nSPS) is 12.2. The maximum Gasteiger partial charge on any atom is 0.271 e. The van der Waals surface area contributed by atoms with E-state index in [4.69, 9.17) is 0 Å². The Balaban J connectivity index is 2.54. The van der Waals surface area contributed by atoms with Gasteiger partial charge in [0.1, 0.15) is 17.4 Å². The zero-order valence-corrected chi connectivity index (χ0v) is 19.5. The van der Waals surface area contributed by atoms with E-state index in [1.807, 2.05) is 47.6 Å². The molecule has 0 spiro atoms. The summed E-state index contributed by atoms with van der Waals surface area (Å²) in [7, 11) is 0. The van der Waals surface area contributed by atoms with E-state index in [1.165, 1.54) is 24.3 Å². The average molecular weight is 436 g/mol. The Morgan fingerprint density at radius 3 is 2.06 bits per heavy atom. The first-order chi connectivity index (χ1) is 14.6. The first-order valence-corrected chi connectivity index (χ1v) is 10.2. The molecule has 0 atom stereocenters. The Morgan fingerprint density at radius 1 is 1.09 bits per heavy atom. The van der Waals surface area contributed by atoms with Gasteiger partial charge in [-0.3, -0.25) is 14.9 Å². The van der Waals surface area contributed by atoms with Crippen LogP contribution in [0.1, 0.15) is 63.8 Å². The largest absolute Gasteiger partial charge is 0.507 e. The third-order valence-corrected chi connectivity index (χ3v) is 5.10. The summed E-state index contributed by atoms with van der Waals surface area (Å²) in [5, 5.41) is 34.1. The van der Waals surface area contributed by atoms with Gasteiger partial charge in [-0.2, -0.15) is 5.26 Å². The Labute approximate surface area is 188 Å². The molecule has 7 heteroatoms. The van der Waals surface area contributed by atoms with Crippen LogP contribution >= 0.6 is 0 Å². The van der Waals surface area contributed by atoms with Gasteiger partial charge in [0.25, 0.3) is 11.6 Å². The number of amides is 1. The number of carbonyl (C=O) groups excluding carboxylic acids is 1. The van der Waals surface area contributed by atoms with Gasteiger partial charge in [-0.05, 0) is 47.1 Å². The lowest BCUT2D eigenvalue weighted by molar-refractivity contribution is -0.384. The number of hydrogen-bond acceptors (Lipinski definition) is 5. The molecule has 0 fully saturated rings. The highest BCUT2D eigenvalue weighted by Crippen LogP contribution is 2.40. The molecular weight excluding hydrogens is 406 g/mol. The van der Waals surface area contributed by atoms with Gasteiger partial charge in [-0.25, -0.2) is 0 Å². The number of phenolic OH excluding ortho intramolecular Hbond substituents is 1. The van der Waals surface area contributed by atoms with E-state index in [1.54, 1.807) is 19.1 Å². The summed E-state index contributed by atoms with van der Waals surface area (Å²) < 4.78 is 0. The molecule has 0 radical (unpaired) electrons. The summed E-state index contributed by atoms with van der Waals surface area (Å²) >= 11 is 0. The Morgan fingerprint density at radius 2 is 1.62 bits per heavy atom. The minimum Gasteiger partial charge on any atom is -0.507 e. The zero-order chi connectivity index (χ0) is 24.4. The van der Waals surface area contributed by atoms with Crippen LogP contribution in [-0.4, -0.2) is 15.9 Å². The van der Waals surface area contributed by atoms with Crippen molar-refractivity contribution in [3.63, 3.8) is 0 Å². The molecule has 0 aliphatic rings. The summed E-state index contributed by atoms with van der Waals surface area (Å²) in [6.07, 6.45) is 1.46. The number of aromatic hydroxyl groups is 1. The second-order valence-electron chi connectivity index (χ2n) is 9.84. The minimum atomic E-state index is -0.668. The molecular formula is C25H29N3O4. The number of nitro benzene ring substituents is 1. The number of nitro groups is 1. The van der Waals surface area contributed by atoms with Crippen LogP contribution < -0.4 is 5.32 Å². The highest BCUT2D eigenvalue weighted by atomic mass is 16.6. The van der Waals surface area contributed by atoms with E-state index >= 15 is 0 Å². The number of hydrogen-bond donors (Lipinski definition) is 2. The summed E-state index contributed by atoms with van der Waals surface area (Å²) in [5.41, 5.74) is 1.91. The van der Waals surface area contributed by atoms with Gasteiger partial charge in [-0.1, -0.05) is 47.6 Å². The first kappa shape index (κ1) is 24.6. The lowest BCUT2D eigenvalue weighted by atomic mass is 9.78. The molecule has 0 heterocycles. The number of nitrogens with one attached hydrogen (secondary N) is 1. The number of benzene rings is 2. The van der Waals surface area contributed by atoms with E-state index in [0.29, 0.717) is 22.3 Å². The van der Waals surface area contributed by atoms with Gasteiger partial charge in [0, 0.05) is 23.3 Å². The van der Waals surface area contributed by atoms with Gasteiger partial charge < -0.3 is 10.4 Å². The third kappa shape index (κ3) is 5.52. The minimum absolute atomic E-state index is 0.152. The lowest BCUT2D eigenvalue weighted by Crippen LogP contribution is -2.18. The van der Waals surface area contributed by atoms with Crippen LogP contribution in [0, 0.1) is 28.4 Å². The molecule has 2 aromatic rings. The van der Waals surface area contributed by atoms with E-state index in [0.717, 1.165) is 0 Å². The van der Waals surface area contributed by atoms with Crippen molar-refractivity contribution in [1.82, 2.24) is 0 Å². The molecule has 0 aliphatic carbocycles. The second kappa shape index (κ2) is 8.83. The standard InChI is InChI=1S/C25H29N3O4/c1-15-8-9-18(28(31)32)13-21(15)27-23(30)17(14-26)10-16-11-19(24(2,3)4)22(29)20(12-16)25(5,6)7/h8-13,29H,1-7H3,(H,27,30). The fourth-order valence-electron chi connectivity index (χ4n) is 3.25. The fourth-order valence-corrected chi connectivity index (χ4v) is 3.25. The molecule has 0 saturated heterocycles. The molecule has 0 bridgehead atoms. The summed E-state index contributed by atoms with van der Waals surface area (Å²) in [4.78, 5) is 23.3. The monoisotopic (exact) mass is 435 g/mol. The maximum absolute atomic E-state index is 12.8. The van der Waals surface area contributed by atoms with Crippen molar-refractivity contribution in [2.75, 3.05) is 5.32 Å². The Kier molecular flexibility index (Phi) is 6.79. The molecule has 0 aliphatic heterocycles. The van der Waals surface area contributed by atoms with E-state index in [2.05, 4.69) is 5.32 Å². The van der Waals surface area contributed by atoms with E-state index in [9.17, 15) is 25.3 Å². The Hall–Kier alpha value is -3.66. The first-order valence-electron chi connectivity index (χ1n) is 10.2. The van der Waals surface area contributed by atoms with Crippen molar-refractivity contribution < 1.29 is 14.8 Å². The molecule has 168 valence electrons. The van der Waals surface area contributed by atoms with Crippen LogP contribution in [-0.2, 0) is 15.6 Å². The van der Waals surface area contributed by atoms with Crippen molar-refractivity contribution >= 4 is 23.4 Å². The van der Waals surface area contributed by atoms with Crippen LogP contribution in [0.2, 0.25) is 0 Å². The molecule has 0 unspecified atom stereocenters. The smallest absolute Gasteiger partial charge is 0.271 e. The highest BCUT2D eigenvalue weighted by Gasteiger charge is 2.26. The van der Waals surface area contributed by atoms with E-state index < -0.39 is 10.8 Å². The number of rotatable bonds is 4. The summed E-state index contributed by atoms with van der Waals surface area (Å²) in [6.45, 7) is 13.6. The van der Waals surface area contributed by atoms with Gasteiger partial charge in [0.2, 0.25) is 0 Å². The summed E-state index contributed by atoms with van der Waals surface area (Å²) in [6, 6.07) is 9.60. The lowest BCUT2D eigenvalue weighted by Gasteiger charge is -2.28. The molecule has 7 nitrogen and oxygen atoms in total. The highest BCUT2D eigenvalue weighted by molar-refractivity contribution is 6.10. The fraction of sp³-hybridized carbons (Fsp3) is 0.360. The third-order valence-electron chi connectivity index (χ3n) is 5.10. The van der Waals surface area contributed by atoms with Crippen LogP contribution in [0.15, 0.2) is 35.9 Å². The molecule has 0 saturated carbocycles. The molecule has 32 heavy (non-hydrogen) atoms. The number of non-ortho nitro benzene ring substituents is 1. The quantitative estimate of drug-likeness (QED) is 0.274. The predicted octanol–water partition coefficient (Wildman–Crippen LogP) is 5.75. The molecule has 2 rings (SSSR count). The molecule has 0 aromatic heterocycles. The second-order valence-corrected chi connectivity index (χ2v) is 9.84. The number of anilines is 1. The van der Waals surface area contributed by atoms with Gasteiger partial charge in [0.05, 0.1) is 10.6 Å². The van der Waals surface area contributed by atoms with Gasteiger partial charge in [-0.15, -0.1) is 0 Å². The van der Waals surface area contributed by atoms with Crippen LogP contribution in [0.25, 0.3) is 6.08 Å². The van der Waals surface area contributed by atoms with Crippen molar-refractivity contribution in [1.29, 1.82) is 5.26 Å². The summed E-state index contributed by atoms with van der Waals surface area (Å²) in [5.74, 6) is -0.462. The average Bonchev–Trinajstić information content (AvgIpc) is 2.66. The van der Waals surface area contributed by atoms with Crippen molar-refractivity contribution in [3.05, 3.63) is 68.3 Å². The van der Waals surface area contributed by atoms with Crippen LogP contribution in [0.4, 0.5) is 11.4 Å². The number of nitriles is 1. The van der Waals surface area contributed by atoms with Gasteiger partial charge >= 0.3 is 0 Å². The van der Waals surface area contributed by atoms with Crippen LogP contribution in [0.5, 0.6) is 5.75 Å². The predicted molar refractivity (Wildman–Crippen MR) is 126 cm³/mol. The number of phenols is 1. The Bertz CT molecular complexity index is 1110. The SMILES string of the molecule is Cc1ccc([N+](=O)[O-])cc1NC(=O)C(C#N)=Cc1cc(C(C)(C)C)c(O)c(C(C)(C)C)c1. The van der Waals surface area contributed by atoms with Gasteiger partial charge in [0.15, 0.2) is 0 Å². The number of nitrogens with zero attached hydrogens (tertiary/aromatic N) is 2. The number of aryl methyl sites for hydroxylation is 1. The maximum atomic E-state index is 12.8. The molecule has 2 N–H and O–H groups in total. The molecule has 2 aromatic carbocycles. The topological polar surface area (TPSA) is 116 Å². The van der Waals surface area contributed by atoms with Crippen LogP contribution in [0.3, 0.4) is 0 Å². The number of carbonyl (C=O) groups is 1. The van der Waals surface area contributed by atoms with Crippen molar-refractivity contribution in [3.8, 4) is 11.8 Å². The molecule has 1 amide bonds. The zero-order valence-electron chi connectivity index (χ0n) is 19.5. The van der Waals surface area contributed by atoms with Crippen molar-refractivity contribution in [2.45, 2.75) is 59.3 Å². The van der Waals surface area contributed by atoms with E-state index in [-0.39, 0.29) is 33.5 Å².